The van der Waals surface area contributed by atoms with Gasteiger partial charge in [0.1, 0.15) is 6.61 Å². The SMILES string of the molecule is C=CCOC(=O)N1CCc2[nH]nc(C(=O)OCC)c2C1. The summed E-state index contributed by atoms with van der Waals surface area (Å²) in [6.07, 6.45) is 1.69. The zero-order valence-electron chi connectivity index (χ0n) is 11.3. The summed E-state index contributed by atoms with van der Waals surface area (Å²) in [4.78, 5) is 25.1. The lowest BCUT2D eigenvalue weighted by Gasteiger charge is -2.25. The van der Waals surface area contributed by atoms with E-state index in [1.165, 1.54) is 11.0 Å². The van der Waals surface area contributed by atoms with Crippen LogP contribution >= 0.6 is 0 Å². The lowest BCUT2D eigenvalue weighted by molar-refractivity contribution is 0.0515. The van der Waals surface area contributed by atoms with Crippen LogP contribution in [0.15, 0.2) is 12.7 Å². The normalized spacial score (nSPS) is 13.6. The maximum Gasteiger partial charge on any atom is 0.410 e. The Morgan fingerprint density at radius 2 is 2.30 bits per heavy atom. The van der Waals surface area contributed by atoms with E-state index in [2.05, 4.69) is 16.8 Å². The molecule has 1 aromatic rings. The molecule has 0 unspecified atom stereocenters. The summed E-state index contributed by atoms with van der Waals surface area (Å²) in [6, 6.07) is 0. The van der Waals surface area contributed by atoms with Gasteiger partial charge in [0, 0.05) is 24.2 Å². The van der Waals surface area contributed by atoms with Gasteiger partial charge in [-0.1, -0.05) is 12.7 Å². The average molecular weight is 279 g/mol. The van der Waals surface area contributed by atoms with E-state index in [1.807, 2.05) is 0 Å². The number of rotatable bonds is 4. The van der Waals surface area contributed by atoms with Crippen LogP contribution in [0.1, 0.15) is 28.7 Å². The summed E-state index contributed by atoms with van der Waals surface area (Å²) in [5.74, 6) is -0.480. The van der Waals surface area contributed by atoms with Crippen LogP contribution in [-0.2, 0) is 22.4 Å². The number of hydrogen-bond acceptors (Lipinski definition) is 5. The number of amides is 1. The fraction of sp³-hybridized carbons (Fsp3) is 0.462. The van der Waals surface area contributed by atoms with E-state index in [4.69, 9.17) is 9.47 Å². The first-order chi connectivity index (χ1) is 9.67. The van der Waals surface area contributed by atoms with Crippen molar-refractivity contribution in [1.29, 1.82) is 0 Å². The maximum absolute atomic E-state index is 11.8. The van der Waals surface area contributed by atoms with Crippen molar-refractivity contribution in [2.24, 2.45) is 0 Å². The molecule has 1 N–H and O–H groups in total. The minimum absolute atomic E-state index is 0.165. The lowest BCUT2D eigenvalue weighted by Crippen LogP contribution is -2.36. The van der Waals surface area contributed by atoms with Crippen LogP contribution in [0.2, 0.25) is 0 Å². The van der Waals surface area contributed by atoms with Gasteiger partial charge >= 0.3 is 12.1 Å². The molecule has 2 rings (SSSR count). The van der Waals surface area contributed by atoms with Gasteiger partial charge in [-0.2, -0.15) is 5.10 Å². The first kappa shape index (κ1) is 14.1. The summed E-state index contributed by atoms with van der Waals surface area (Å²) in [5, 5.41) is 6.80. The highest BCUT2D eigenvalue weighted by atomic mass is 16.6. The molecular weight excluding hydrogens is 262 g/mol. The molecular formula is C13H17N3O4. The Bertz CT molecular complexity index is 524. The smallest absolute Gasteiger partial charge is 0.410 e. The minimum atomic E-state index is -0.480. The summed E-state index contributed by atoms with van der Waals surface area (Å²) < 4.78 is 9.94. The van der Waals surface area contributed by atoms with Crippen LogP contribution in [0.3, 0.4) is 0 Å². The van der Waals surface area contributed by atoms with Crippen LogP contribution in [0, 0.1) is 0 Å². The third kappa shape index (κ3) is 2.81. The van der Waals surface area contributed by atoms with Crippen molar-refractivity contribution in [2.75, 3.05) is 19.8 Å². The standard InChI is InChI=1S/C13H17N3O4/c1-3-7-20-13(18)16-6-5-10-9(8-16)11(15-14-10)12(17)19-4-2/h3H,1,4-8H2,2H3,(H,14,15). The van der Waals surface area contributed by atoms with E-state index in [-0.39, 0.29) is 25.5 Å². The Morgan fingerprint density at radius 3 is 3.00 bits per heavy atom. The minimum Gasteiger partial charge on any atom is -0.461 e. The van der Waals surface area contributed by atoms with Crippen molar-refractivity contribution in [2.45, 2.75) is 19.9 Å². The second kappa shape index (κ2) is 6.23. The first-order valence-corrected chi connectivity index (χ1v) is 6.43. The molecule has 7 nitrogen and oxygen atoms in total. The highest BCUT2D eigenvalue weighted by Crippen LogP contribution is 2.21. The zero-order chi connectivity index (χ0) is 14.5. The van der Waals surface area contributed by atoms with Crippen molar-refractivity contribution < 1.29 is 19.1 Å². The molecule has 2 heterocycles. The first-order valence-electron chi connectivity index (χ1n) is 6.43. The van der Waals surface area contributed by atoms with Gasteiger partial charge in [-0.25, -0.2) is 9.59 Å². The van der Waals surface area contributed by atoms with Gasteiger partial charge in [-0.15, -0.1) is 0 Å². The summed E-state index contributed by atoms with van der Waals surface area (Å²) >= 11 is 0. The van der Waals surface area contributed by atoms with Gasteiger partial charge in [0.05, 0.1) is 13.2 Å². The molecule has 0 saturated carbocycles. The maximum atomic E-state index is 11.8. The zero-order valence-corrected chi connectivity index (χ0v) is 11.3. The van der Waals surface area contributed by atoms with Gasteiger partial charge in [-0.3, -0.25) is 5.10 Å². The molecule has 0 fully saturated rings. The van der Waals surface area contributed by atoms with Crippen molar-refractivity contribution in [3.05, 3.63) is 29.6 Å². The Kier molecular flexibility index (Phi) is 4.39. The summed E-state index contributed by atoms with van der Waals surface area (Å²) in [7, 11) is 0. The molecule has 1 aliphatic heterocycles. The fourth-order valence-corrected chi connectivity index (χ4v) is 2.04. The van der Waals surface area contributed by atoms with Crippen molar-refractivity contribution in [3.8, 4) is 0 Å². The number of aromatic amines is 1. The number of esters is 1. The van der Waals surface area contributed by atoms with Crippen molar-refractivity contribution in [3.63, 3.8) is 0 Å². The monoisotopic (exact) mass is 279 g/mol. The topological polar surface area (TPSA) is 84.5 Å². The Morgan fingerprint density at radius 1 is 1.50 bits per heavy atom. The molecule has 0 aromatic carbocycles. The predicted molar refractivity (Wildman–Crippen MR) is 70.2 cm³/mol. The number of nitrogens with zero attached hydrogens (tertiary/aromatic N) is 2. The van der Waals surface area contributed by atoms with Crippen LogP contribution in [0.5, 0.6) is 0 Å². The van der Waals surface area contributed by atoms with E-state index < -0.39 is 12.1 Å². The number of fused-ring (bicyclic) bond motifs is 1. The third-order valence-corrected chi connectivity index (χ3v) is 2.99. The third-order valence-electron chi connectivity index (χ3n) is 2.99. The lowest BCUT2D eigenvalue weighted by atomic mass is 10.1. The van der Waals surface area contributed by atoms with Crippen LogP contribution in [0.4, 0.5) is 4.79 Å². The molecule has 108 valence electrons. The number of H-pyrrole nitrogens is 1. The predicted octanol–water partition coefficient (Wildman–Crippen LogP) is 1.27. The second-order valence-corrected chi connectivity index (χ2v) is 4.29. The van der Waals surface area contributed by atoms with Gasteiger partial charge < -0.3 is 14.4 Å². The number of ether oxygens (including phenoxy) is 2. The van der Waals surface area contributed by atoms with Gasteiger partial charge in [0.15, 0.2) is 5.69 Å². The fourth-order valence-electron chi connectivity index (χ4n) is 2.04. The molecule has 0 spiro atoms. The largest absolute Gasteiger partial charge is 0.461 e. The molecule has 1 aliphatic rings. The highest BCUT2D eigenvalue weighted by molar-refractivity contribution is 5.89. The second-order valence-electron chi connectivity index (χ2n) is 4.29. The molecule has 7 heteroatoms. The van der Waals surface area contributed by atoms with Crippen LogP contribution in [0.25, 0.3) is 0 Å². The quantitative estimate of drug-likeness (QED) is 0.662. The van der Waals surface area contributed by atoms with E-state index in [9.17, 15) is 9.59 Å². The number of hydrogen-bond donors (Lipinski definition) is 1. The average Bonchev–Trinajstić information content (AvgIpc) is 2.87. The molecule has 0 aliphatic carbocycles. The van der Waals surface area contributed by atoms with Crippen molar-refractivity contribution in [1.82, 2.24) is 15.1 Å². The van der Waals surface area contributed by atoms with Gasteiger partial charge in [0.25, 0.3) is 0 Å². The van der Waals surface area contributed by atoms with E-state index in [0.717, 1.165) is 5.69 Å². The molecule has 0 radical (unpaired) electrons. The van der Waals surface area contributed by atoms with Crippen LogP contribution < -0.4 is 0 Å². The van der Waals surface area contributed by atoms with E-state index >= 15 is 0 Å². The molecule has 0 saturated heterocycles. The van der Waals surface area contributed by atoms with Crippen LogP contribution in [-0.4, -0.2) is 46.9 Å². The van der Waals surface area contributed by atoms with Crippen molar-refractivity contribution >= 4 is 12.1 Å². The molecule has 0 atom stereocenters. The molecule has 20 heavy (non-hydrogen) atoms. The molecule has 0 bridgehead atoms. The van der Waals surface area contributed by atoms with E-state index in [1.54, 1.807) is 6.92 Å². The molecule has 1 amide bonds. The number of carbonyl (C=O) groups excluding carboxylic acids is 2. The number of nitrogens with one attached hydrogen (secondary N) is 1. The van der Waals surface area contributed by atoms with E-state index in [0.29, 0.717) is 18.5 Å². The summed E-state index contributed by atoms with van der Waals surface area (Å²) in [6.45, 7) is 6.48. The Labute approximate surface area is 116 Å². The Hall–Kier alpha value is -2.31. The Balaban J connectivity index is 2.11. The highest BCUT2D eigenvalue weighted by Gasteiger charge is 2.28. The number of carbonyl (C=O) groups is 2. The number of aromatic nitrogens is 2. The van der Waals surface area contributed by atoms with Gasteiger partial charge in [-0.05, 0) is 6.92 Å². The summed E-state index contributed by atoms with van der Waals surface area (Å²) in [5.41, 5.74) is 1.80. The molecule has 1 aromatic heterocycles. The van der Waals surface area contributed by atoms with Gasteiger partial charge in [0.2, 0.25) is 0 Å².